The van der Waals surface area contributed by atoms with Gasteiger partial charge in [0.05, 0.1) is 23.0 Å². The maximum atomic E-state index is 12.7. The van der Waals surface area contributed by atoms with Crippen LogP contribution in [0.2, 0.25) is 0 Å². The lowest BCUT2D eigenvalue weighted by atomic mass is 10.2. The number of ether oxygens (including phenoxy) is 4. The van der Waals surface area contributed by atoms with E-state index in [0.717, 1.165) is 3.57 Å². The fourth-order valence-corrected chi connectivity index (χ4v) is 4.12. The lowest BCUT2D eigenvalue weighted by molar-refractivity contribution is -0.118. The Morgan fingerprint density at radius 3 is 2.38 bits per heavy atom. The first kappa shape index (κ1) is 29.5. The minimum Gasteiger partial charge on any atom is -0.490 e. The van der Waals surface area contributed by atoms with Crippen molar-refractivity contribution in [1.82, 2.24) is 5.43 Å². The molecule has 2 amide bonds. The lowest BCUT2D eigenvalue weighted by Gasteiger charge is -2.14. The molecule has 0 aliphatic rings. The van der Waals surface area contributed by atoms with Crippen molar-refractivity contribution in [1.29, 1.82) is 0 Å². The SMILES string of the molecule is C=CCOc1ccc(C(=O)N/N=C/c2cc(I)c(OCC(=O)Nc3ccccc3)c(OCC)c2)cc1OCC. The molecule has 3 rings (SSSR count). The van der Waals surface area contributed by atoms with Crippen molar-refractivity contribution in [3.05, 3.63) is 88.0 Å². The highest BCUT2D eigenvalue weighted by atomic mass is 127. The highest BCUT2D eigenvalue weighted by Crippen LogP contribution is 2.34. The van der Waals surface area contributed by atoms with Crippen molar-refractivity contribution in [2.24, 2.45) is 5.10 Å². The van der Waals surface area contributed by atoms with E-state index in [1.165, 1.54) is 6.21 Å². The first-order chi connectivity index (χ1) is 18.9. The number of para-hydroxylation sites is 1. The number of anilines is 1. The van der Waals surface area contributed by atoms with Crippen molar-refractivity contribution in [3.63, 3.8) is 0 Å². The minimum atomic E-state index is -0.411. The molecule has 0 saturated heterocycles. The molecule has 2 N–H and O–H groups in total. The number of rotatable bonds is 14. The number of amides is 2. The summed E-state index contributed by atoms with van der Waals surface area (Å²) >= 11 is 2.10. The molecular weight excluding hydrogens is 613 g/mol. The standard InChI is InChI=1S/C29H30IN3O6/c1-4-14-38-24-13-12-21(17-25(24)36-5-2)29(35)33-31-18-20-15-23(30)28(26(16-20)37-6-3)39-19-27(34)32-22-10-8-7-9-11-22/h4,7-13,15-18H,1,5-6,14,19H2,2-3H3,(H,32,34)(H,33,35)/b31-18+. The summed E-state index contributed by atoms with van der Waals surface area (Å²) in [5.74, 6) is 1.19. The van der Waals surface area contributed by atoms with E-state index >= 15 is 0 Å². The Labute approximate surface area is 241 Å². The minimum absolute atomic E-state index is 0.185. The second-order valence-corrected chi connectivity index (χ2v) is 9.02. The quantitative estimate of drug-likeness (QED) is 0.105. The number of hydrogen-bond acceptors (Lipinski definition) is 7. The van der Waals surface area contributed by atoms with Crippen LogP contribution in [0.4, 0.5) is 5.69 Å². The van der Waals surface area contributed by atoms with E-state index < -0.39 is 5.91 Å². The zero-order chi connectivity index (χ0) is 28.0. The van der Waals surface area contributed by atoms with Gasteiger partial charge < -0.3 is 24.3 Å². The lowest BCUT2D eigenvalue weighted by Crippen LogP contribution is -2.20. The summed E-state index contributed by atoms with van der Waals surface area (Å²) in [6.45, 7) is 8.29. The normalized spacial score (nSPS) is 10.5. The van der Waals surface area contributed by atoms with E-state index in [1.807, 2.05) is 38.1 Å². The van der Waals surface area contributed by atoms with Crippen LogP contribution >= 0.6 is 22.6 Å². The van der Waals surface area contributed by atoms with Gasteiger partial charge in [0.2, 0.25) is 0 Å². The molecule has 0 radical (unpaired) electrons. The van der Waals surface area contributed by atoms with E-state index in [4.69, 9.17) is 18.9 Å². The molecule has 9 nitrogen and oxygen atoms in total. The van der Waals surface area contributed by atoms with Crippen molar-refractivity contribution in [2.75, 3.05) is 31.7 Å². The second kappa shape index (κ2) is 15.4. The van der Waals surface area contributed by atoms with Gasteiger partial charge in [0.25, 0.3) is 11.8 Å². The number of carbonyl (C=O) groups excluding carboxylic acids is 2. The number of nitrogens with one attached hydrogen (secondary N) is 2. The van der Waals surface area contributed by atoms with Crippen molar-refractivity contribution < 1.29 is 28.5 Å². The summed E-state index contributed by atoms with van der Waals surface area (Å²) < 4.78 is 23.4. The van der Waals surface area contributed by atoms with Gasteiger partial charge in [-0.15, -0.1) is 0 Å². The molecule has 10 heteroatoms. The van der Waals surface area contributed by atoms with Gasteiger partial charge in [0, 0.05) is 11.3 Å². The van der Waals surface area contributed by atoms with Crippen LogP contribution in [0.5, 0.6) is 23.0 Å². The summed E-state index contributed by atoms with van der Waals surface area (Å²) in [5, 5.41) is 6.87. The molecule has 39 heavy (non-hydrogen) atoms. The predicted molar refractivity (Wildman–Crippen MR) is 159 cm³/mol. The van der Waals surface area contributed by atoms with E-state index in [2.05, 4.69) is 45.0 Å². The van der Waals surface area contributed by atoms with E-state index in [1.54, 1.807) is 42.5 Å². The van der Waals surface area contributed by atoms with Gasteiger partial charge in [-0.25, -0.2) is 5.43 Å². The van der Waals surface area contributed by atoms with Crippen LogP contribution in [-0.4, -0.2) is 44.5 Å². The maximum Gasteiger partial charge on any atom is 0.271 e. The molecule has 0 fully saturated rings. The molecule has 0 bridgehead atoms. The molecular formula is C29H30IN3O6. The Hall–Kier alpha value is -4.06. The Kier molecular flexibility index (Phi) is 11.6. The van der Waals surface area contributed by atoms with E-state index in [9.17, 15) is 9.59 Å². The number of halogens is 1. The van der Waals surface area contributed by atoms with E-state index in [0.29, 0.717) is 59.6 Å². The topological polar surface area (TPSA) is 107 Å². The molecule has 0 saturated carbocycles. The predicted octanol–water partition coefficient (Wildman–Crippen LogP) is 5.43. The van der Waals surface area contributed by atoms with Crippen LogP contribution in [0.15, 0.2) is 78.4 Å². The van der Waals surface area contributed by atoms with E-state index in [-0.39, 0.29) is 12.5 Å². The van der Waals surface area contributed by atoms with Crippen molar-refractivity contribution >= 4 is 46.3 Å². The van der Waals surface area contributed by atoms with Crippen molar-refractivity contribution in [2.45, 2.75) is 13.8 Å². The fourth-order valence-electron chi connectivity index (χ4n) is 3.34. The van der Waals surface area contributed by atoms with Crippen LogP contribution in [0.3, 0.4) is 0 Å². The number of hydrazone groups is 1. The molecule has 0 heterocycles. The van der Waals surface area contributed by atoms with Gasteiger partial charge in [-0.3, -0.25) is 9.59 Å². The molecule has 0 aliphatic carbocycles. The average Bonchev–Trinajstić information content (AvgIpc) is 2.92. The first-order valence-corrected chi connectivity index (χ1v) is 13.3. The third-order valence-electron chi connectivity index (χ3n) is 4.98. The Morgan fingerprint density at radius 1 is 0.923 bits per heavy atom. The summed E-state index contributed by atoms with van der Waals surface area (Å²) in [5.41, 5.74) is 4.24. The van der Waals surface area contributed by atoms with Crippen LogP contribution < -0.4 is 29.7 Å². The Bertz CT molecular complexity index is 1310. The zero-order valence-electron chi connectivity index (χ0n) is 21.7. The average molecular weight is 643 g/mol. The summed E-state index contributed by atoms with van der Waals surface area (Å²) in [6, 6.07) is 17.6. The summed E-state index contributed by atoms with van der Waals surface area (Å²) in [6.07, 6.45) is 3.13. The van der Waals surface area contributed by atoms with Crippen LogP contribution in [0.25, 0.3) is 0 Å². The van der Waals surface area contributed by atoms with Crippen LogP contribution in [-0.2, 0) is 4.79 Å². The fraction of sp³-hybridized carbons (Fsp3) is 0.207. The van der Waals surface area contributed by atoms with Gasteiger partial charge in [0.1, 0.15) is 6.61 Å². The Morgan fingerprint density at radius 2 is 1.67 bits per heavy atom. The van der Waals surface area contributed by atoms with Gasteiger partial charge in [-0.05, 0) is 84.5 Å². The molecule has 0 unspecified atom stereocenters. The second-order valence-electron chi connectivity index (χ2n) is 7.86. The smallest absolute Gasteiger partial charge is 0.271 e. The largest absolute Gasteiger partial charge is 0.490 e. The highest BCUT2D eigenvalue weighted by molar-refractivity contribution is 14.1. The molecule has 3 aromatic carbocycles. The number of carbonyl (C=O) groups is 2. The number of hydrogen-bond donors (Lipinski definition) is 2. The van der Waals surface area contributed by atoms with Crippen molar-refractivity contribution in [3.8, 4) is 23.0 Å². The summed E-state index contributed by atoms with van der Waals surface area (Å²) in [7, 11) is 0. The summed E-state index contributed by atoms with van der Waals surface area (Å²) in [4.78, 5) is 25.0. The van der Waals surface area contributed by atoms with Gasteiger partial charge >= 0.3 is 0 Å². The monoisotopic (exact) mass is 643 g/mol. The molecule has 0 aromatic heterocycles. The third-order valence-corrected chi connectivity index (χ3v) is 5.78. The van der Waals surface area contributed by atoms with Crippen LogP contribution in [0.1, 0.15) is 29.8 Å². The molecule has 0 atom stereocenters. The third kappa shape index (κ3) is 9.02. The maximum absolute atomic E-state index is 12.7. The number of nitrogens with zero attached hydrogens (tertiary/aromatic N) is 1. The molecule has 0 spiro atoms. The first-order valence-electron chi connectivity index (χ1n) is 12.2. The van der Waals surface area contributed by atoms with Gasteiger partial charge in [-0.1, -0.05) is 30.9 Å². The molecule has 0 aliphatic heterocycles. The highest BCUT2D eigenvalue weighted by Gasteiger charge is 2.15. The van der Waals surface area contributed by atoms with Gasteiger partial charge in [0.15, 0.2) is 29.6 Å². The number of benzene rings is 3. The zero-order valence-corrected chi connectivity index (χ0v) is 23.9. The molecule has 3 aromatic rings. The van der Waals surface area contributed by atoms with Crippen LogP contribution in [0, 0.1) is 3.57 Å². The Balaban J connectivity index is 1.67. The molecule has 204 valence electrons. The van der Waals surface area contributed by atoms with Gasteiger partial charge in [-0.2, -0.15) is 5.10 Å².